The van der Waals surface area contributed by atoms with Crippen molar-refractivity contribution in [1.82, 2.24) is 9.97 Å². The lowest BCUT2D eigenvalue weighted by molar-refractivity contribution is 0.149. The fourth-order valence-electron chi connectivity index (χ4n) is 1.81. The SMILES string of the molecule is C=CCCOCCNc1cc2nc[nH]c(=O)c2cc1N. The van der Waals surface area contributed by atoms with Crippen LogP contribution in [-0.4, -0.2) is 29.7 Å². The minimum Gasteiger partial charge on any atom is -0.397 e. The molecule has 0 saturated heterocycles. The van der Waals surface area contributed by atoms with E-state index in [1.807, 2.05) is 6.08 Å². The zero-order valence-electron chi connectivity index (χ0n) is 11.2. The predicted molar refractivity (Wildman–Crippen MR) is 80.9 cm³/mol. The molecular weight excluding hydrogens is 256 g/mol. The van der Waals surface area contributed by atoms with Crippen LogP contribution in [0.3, 0.4) is 0 Å². The summed E-state index contributed by atoms with van der Waals surface area (Å²) >= 11 is 0. The zero-order valence-corrected chi connectivity index (χ0v) is 11.2. The molecule has 0 aliphatic heterocycles. The summed E-state index contributed by atoms with van der Waals surface area (Å²) < 4.78 is 5.40. The molecule has 6 nitrogen and oxygen atoms in total. The normalized spacial score (nSPS) is 10.6. The van der Waals surface area contributed by atoms with Gasteiger partial charge in [0.25, 0.3) is 5.56 Å². The van der Waals surface area contributed by atoms with Gasteiger partial charge in [0.1, 0.15) is 0 Å². The molecule has 0 saturated carbocycles. The van der Waals surface area contributed by atoms with Crippen LogP contribution in [0.15, 0.2) is 35.9 Å². The van der Waals surface area contributed by atoms with E-state index in [1.165, 1.54) is 6.33 Å². The maximum absolute atomic E-state index is 11.6. The molecule has 1 aromatic heterocycles. The van der Waals surface area contributed by atoms with E-state index in [9.17, 15) is 4.79 Å². The quantitative estimate of drug-likeness (QED) is 0.404. The van der Waals surface area contributed by atoms with Crippen molar-refractivity contribution in [2.24, 2.45) is 0 Å². The summed E-state index contributed by atoms with van der Waals surface area (Å²) in [5.74, 6) is 0. The number of anilines is 2. The van der Waals surface area contributed by atoms with E-state index in [-0.39, 0.29) is 5.56 Å². The molecule has 0 bridgehead atoms. The van der Waals surface area contributed by atoms with Crippen LogP contribution in [0.25, 0.3) is 10.9 Å². The topological polar surface area (TPSA) is 93.0 Å². The van der Waals surface area contributed by atoms with E-state index in [0.29, 0.717) is 36.3 Å². The Hall–Kier alpha value is -2.34. The van der Waals surface area contributed by atoms with Gasteiger partial charge in [0.05, 0.1) is 41.8 Å². The summed E-state index contributed by atoms with van der Waals surface area (Å²) in [5, 5.41) is 3.66. The first-order valence-electron chi connectivity index (χ1n) is 6.42. The number of nitrogen functional groups attached to an aromatic ring is 1. The van der Waals surface area contributed by atoms with Gasteiger partial charge in [-0.05, 0) is 18.6 Å². The van der Waals surface area contributed by atoms with E-state index in [0.717, 1.165) is 12.1 Å². The molecule has 2 rings (SSSR count). The number of ether oxygens (including phenoxy) is 1. The first kappa shape index (κ1) is 14.1. The Kier molecular flexibility index (Phi) is 4.73. The Labute approximate surface area is 116 Å². The van der Waals surface area contributed by atoms with Crippen LogP contribution in [0.5, 0.6) is 0 Å². The van der Waals surface area contributed by atoms with Crippen molar-refractivity contribution >= 4 is 22.3 Å². The summed E-state index contributed by atoms with van der Waals surface area (Å²) in [5.41, 5.74) is 7.61. The second-order valence-electron chi connectivity index (χ2n) is 4.30. The first-order valence-corrected chi connectivity index (χ1v) is 6.42. The molecule has 0 aliphatic carbocycles. The lowest BCUT2D eigenvalue weighted by atomic mass is 10.2. The Morgan fingerprint density at radius 1 is 1.45 bits per heavy atom. The van der Waals surface area contributed by atoms with Crippen LogP contribution in [0, 0.1) is 0 Å². The maximum atomic E-state index is 11.6. The molecule has 20 heavy (non-hydrogen) atoms. The lowest BCUT2D eigenvalue weighted by Gasteiger charge is -2.10. The average molecular weight is 274 g/mol. The van der Waals surface area contributed by atoms with Crippen molar-refractivity contribution in [3.8, 4) is 0 Å². The van der Waals surface area contributed by atoms with Gasteiger partial charge in [-0.3, -0.25) is 4.79 Å². The number of H-pyrrole nitrogens is 1. The van der Waals surface area contributed by atoms with Gasteiger partial charge < -0.3 is 20.8 Å². The molecule has 0 unspecified atom stereocenters. The lowest BCUT2D eigenvalue weighted by Crippen LogP contribution is -2.12. The number of nitrogens with one attached hydrogen (secondary N) is 2. The van der Waals surface area contributed by atoms with Crippen LogP contribution in [0.2, 0.25) is 0 Å². The molecule has 0 aliphatic rings. The number of nitrogens with zero attached hydrogens (tertiary/aromatic N) is 1. The summed E-state index contributed by atoms with van der Waals surface area (Å²) in [6.07, 6.45) is 4.03. The molecule has 0 amide bonds. The molecule has 1 aromatic carbocycles. The molecule has 0 fully saturated rings. The first-order chi connectivity index (χ1) is 9.72. The molecule has 6 heteroatoms. The molecule has 0 spiro atoms. The number of aromatic amines is 1. The third kappa shape index (κ3) is 3.36. The Morgan fingerprint density at radius 2 is 2.30 bits per heavy atom. The molecule has 106 valence electrons. The van der Waals surface area contributed by atoms with Gasteiger partial charge in [0.15, 0.2) is 0 Å². The van der Waals surface area contributed by atoms with E-state index < -0.39 is 0 Å². The maximum Gasteiger partial charge on any atom is 0.258 e. The molecule has 0 radical (unpaired) electrons. The minimum absolute atomic E-state index is 0.194. The smallest absolute Gasteiger partial charge is 0.258 e. The fourth-order valence-corrected chi connectivity index (χ4v) is 1.81. The third-order valence-corrected chi connectivity index (χ3v) is 2.84. The second kappa shape index (κ2) is 6.72. The van der Waals surface area contributed by atoms with Gasteiger partial charge >= 0.3 is 0 Å². The van der Waals surface area contributed by atoms with Crippen molar-refractivity contribution < 1.29 is 4.74 Å². The van der Waals surface area contributed by atoms with E-state index in [4.69, 9.17) is 10.5 Å². The molecule has 2 aromatic rings. The van der Waals surface area contributed by atoms with E-state index in [1.54, 1.807) is 12.1 Å². The highest BCUT2D eigenvalue weighted by molar-refractivity contribution is 5.88. The van der Waals surface area contributed by atoms with Crippen molar-refractivity contribution in [2.45, 2.75) is 6.42 Å². The van der Waals surface area contributed by atoms with Gasteiger partial charge in [-0.25, -0.2) is 4.98 Å². The average Bonchev–Trinajstić information content (AvgIpc) is 2.44. The van der Waals surface area contributed by atoms with Gasteiger partial charge in [0, 0.05) is 6.54 Å². The van der Waals surface area contributed by atoms with Gasteiger partial charge in [-0.2, -0.15) is 0 Å². The third-order valence-electron chi connectivity index (χ3n) is 2.84. The predicted octanol–water partition coefficient (Wildman–Crippen LogP) is 1.51. The summed E-state index contributed by atoms with van der Waals surface area (Å²) in [6, 6.07) is 3.39. The van der Waals surface area contributed by atoms with Crippen LogP contribution < -0.4 is 16.6 Å². The Balaban J connectivity index is 2.02. The number of hydrogen-bond acceptors (Lipinski definition) is 5. The number of fused-ring (bicyclic) bond motifs is 1. The molecule has 4 N–H and O–H groups in total. The molecule has 1 heterocycles. The van der Waals surface area contributed by atoms with Crippen LogP contribution in [0.4, 0.5) is 11.4 Å². The number of benzene rings is 1. The standard InChI is InChI=1S/C14H18N4O2/c1-2-3-5-20-6-4-16-13-8-12-10(7-11(13)15)14(19)18-9-17-12/h2,7-9,16H,1,3-6,15H2,(H,17,18,19). The molecular formula is C14H18N4O2. The van der Waals surface area contributed by atoms with E-state index >= 15 is 0 Å². The Bertz CT molecular complexity index is 651. The monoisotopic (exact) mass is 274 g/mol. The van der Waals surface area contributed by atoms with Gasteiger partial charge in [0.2, 0.25) is 0 Å². The van der Waals surface area contributed by atoms with E-state index in [2.05, 4.69) is 21.9 Å². The largest absolute Gasteiger partial charge is 0.397 e. The number of hydrogen-bond donors (Lipinski definition) is 3. The van der Waals surface area contributed by atoms with Crippen LogP contribution in [-0.2, 0) is 4.74 Å². The zero-order chi connectivity index (χ0) is 14.4. The summed E-state index contributed by atoms with van der Waals surface area (Å²) in [6.45, 7) is 5.50. The second-order valence-corrected chi connectivity index (χ2v) is 4.30. The fraction of sp³-hybridized carbons (Fsp3) is 0.286. The van der Waals surface area contributed by atoms with Gasteiger partial charge in [-0.15, -0.1) is 6.58 Å². The summed E-state index contributed by atoms with van der Waals surface area (Å²) in [7, 11) is 0. The number of rotatable bonds is 7. The highest BCUT2D eigenvalue weighted by Crippen LogP contribution is 2.22. The number of aromatic nitrogens is 2. The number of nitrogens with two attached hydrogens (primary N) is 1. The van der Waals surface area contributed by atoms with Crippen molar-refractivity contribution in [3.63, 3.8) is 0 Å². The minimum atomic E-state index is -0.194. The molecule has 0 atom stereocenters. The van der Waals surface area contributed by atoms with Crippen molar-refractivity contribution in [2.75, 3.05) is 30.8 Å². The van der Waals surface area contributed by atoms with Crippen molar-refractivity contribution in [1.29, 1.82) is 0 Å². The van der Waals surface area contributed by atoms with Crippen LogP contribution >= 0.6 is 0 Å². The summed E-state index contributed by atoms with van der Waals surface area (Å²) in [4.78, 5) is 18.2. The van der Waals surface area contributed by atoms with Crippen LogP contribution in [0.1, 0.15) is 6.42 Å². The van der Waals surface area contributed by atoms with Gasteiger partial charge in [-0.1, -0.05) is 6.08 Å². The highest BCUT2D eigenvalue weighted by Gasteiger charge is 2.05. The van der Waals surface area contributed by atoms with Crippen molar-refractivity contribution in [3.05, 3.63) is 41.5 Å². The Morgan fingerprint density at radius 3 is 3.10 bits per heavy atom. The highest BCUT2D eigenvalue weighted by atomic mass is 16.5.